The van der Waals surface area contributed by atoms with E-state index >= 15 is 0 Å². The maximum absolute atomic E-state index is 12.0. The zero-order valence-electron chi connectivity index (χ0n) is 9.39. The van der Waals surface area contributed by atoms with Crippen LogP contribution >= 0.6 is 0 Å². The van der Waals surface area contributed by atoms with Gasteiger partial charge in [-0.3, -0.25) is 10.1 Å². The third kappa shape index (κ3) is 2.06. The van der Waals surface area contributed by atoms with Crippen molar-refractivity contribution in [1.82, 2.24) is 14.8 Å². The summed E-state index contributed by atoms with van der Waals surface area (Å²) in [5, 5.41) is 6.69. The SMILES string of the molecule is Cn1ncnc1NC(=O)C1CCCC1CN. The average molecular weight is 223 g/mol. The van der Waals surface area contributed by atoms with Crippen LogP contribution in [0.25, 0.3) is 0 Å². The van der Waals surface area contributed by atoms with Crippen molar-refractivity contribution >= 4 is 11.9 Å². The third-order valence-electron chi connectivity index (χ3n) is 3.24. The van der Waals surface area contributed by atoms with Crippen LogP contribution in [0.1, 0.15) is 19.3 Å². The standard InChI is InChI=1S/C10H17N5O/c1-15-10(12-6-13-15)14-9(16)8-4-2-3-7(8)5-11/h6-8H,2-5,11H2,1H3,(H,12,13,14,16). The number of hydrogen-bond donors (Lipinski definition) is 2. The van der Waals surface area contributed by atoms with E-state index in [0.717, 1.165) is 19.3 Å². The van der Waals surface area contributed by atoms with Gasteiger partial charge in [0.2, 0.25) is 11.9 Å². The van der Waals surface area contributed by atoms with Crippen LogP contribution < -0.4 is 11.1 Å². The maximum Gasteiger partial charge on any atom is 0.230 e. The lowest BCUT2D eigenvalue weighted by molar-refractivity contribution is -0.120. The maximum atomic E-state index is 12.0. The molecular formula is C10H17N5O. The van der Waals surface area contributed by atoms with Crippen LogP contribution in [0, 0.1) is 11.8 Å². The molecule has 88 valence electrons. The molecule has 0 radical (unpaired) electrons. The van der Waals surface area contributed by atoms with E-state index in [2.05, 4.69) is 15.4 Å². The smallest absolute Gasteiger partial charge is 0.230 e. The van der Waals surface area contributed by atoms with E-state index in [-0.39, 0.29) is 11.8 Å². The molecule has 0 bridgehead atoms. The van der Waals surface area contributed by atoms with Crippen molar-refractivity contribution in [2.45, 2.75) is 19.3 Å². The predicted molar refractivity (Wildman–Crippen MR) is 59.5 cm³/mol. The van der Waals surface area contributed by atoms with Crippen molar-refractivity contribution in [1.29, 1.82) is 0 Å². The van der Waals surface area contributed by atoms with E-state index in [9.17, 15) is 4.79 Å². The van der Waals surface area contributed by atoms with Crippen LogP contribution in [0.4, 0.5) is 5.95 Å². The topological polar surface area (TPSA) is 85.8 Å². The molecule has 1 saturated carbocycles. The number of aromatic nitrogens is 3. The molecule has 1 aliphatic carbocycles. The van der Waals surface area contributed by atoms with E-state index in [1.165, 1.54) is 6.33 Å². The van der Waals surface area contributed by atoms with Crippen LogP contribution in [0.15, 0.2) is 6.33 Å². The summed E-state index contributed by atoms with van der Waals surface area (Å²) in [5.41, 5.74) is 5.65. The van der Waals surface area contributed by atoms with Gasteiger partial charge in [0, 0.05) is 13.0 Å². The van der Waals surface area contributed by atoms with Crippen molar-refractivity contribution in [3.05, 3.63) is 6.33 Å². The fourth-order valence-electron chi connectivity index (χ4n) is 2.28. The summed E-state index contributed by atoms with van der Waals surface area (Å²) in [6.07, 6.45) is 4.47. The number of nitrogens with two attached hydrogens (primary N) is 1. The molecule has 1 aromatic rings. The minimum Gasteiger partial charge on any atom is -0.330 e. The summed E-state index contributed by atoms with van der Waals surface area (Å²) in [5.74, 6) is 0.853. The van der Waals surface area contributed by atoms with Gasteiger partial charge in [-0.05, 0) is 25.3 Å². The molecule has 0 aliphatic heterocycles. The summed E-state index contributed by atoms with van der Waals surface area (Å²) in [6, 6.07) is 0. The Bertz CT molecular complexity index is 375. The Kier molecular flexibility index (Phi) is 3.19. The molecule has 6 heteroatoms. The Hall–Kier alpha value is -1.43. The van der Waals surface area contributed by atoms with Crippen molar-refractivity contribution in [2.24, 2.45) is 24.6 Å². The van der Waals surface area contributed by atoms with Gasteiger partial charge in [0.05, 0.1) is 0 Å². The van der Waals surface area contributed by atoms with Gasteiger partial charge in [0.25, 0.3) is 0 Å². The normalized spacial score (nSPS) is 24.6. The second-order valence-electron chi connectivity index (χ2n) is 4.23. The first kappa shape index (κ1) is 11.1. The molecule has 3 N–H and O–H groups in total. The molecule has 6 nitrogen and oxygen atoms in total. The Balaban J connectivity index is 2.00. The van der Waals surface area contributed by atoms with Gasteiger partial charge in [-0.25, -0.2) is 4.68 Å². The fraction of sp³-hybridized carbons (Fsp3) is 0.700. The van der Waals surface area contributed by atoms with Gasteiger partial charge in [-0.15, -0.1) is 0 Å². The van der Waals surface area contributed by atoms with Gasteiger partial charge in [0.1, 0.15) is 6.33 Å². The van der Waals surface area contributed by atoms with Crippen LogP contribution in [-0.2, 0) is 11.8 Å². The molecular weight excluding hydrogens is 206 g/mol. The summed E-state index contributed by atoms with van der Waals surface area (Å²) < 4.78 is 1.55. The monoisotopic (exact) mass is 223 g/mol. The lowest BCUT2D eigenvalue weighted by Gasteiger charge is -2.16. The second-order valence-corrected chi connectivity index (χ2v) is 4.23. The summed E-state index contributed by atoms with van der Waals surface area (Å²) in [6.45, 7) is 0.580. The summed E-state index contributed by atoms with van der Waals surface area (Å²) >= 11 is 0. The van der Waals surface area contributed by atoms with Gasteiger partial charge in [-0.1, -0.05) is 6.42 Å². The fourth-order valence-corrected chi connectivity index (χ4v) is 2.28. The molecule has 0 saturated heterocycles. The number of anilines is 1. The van der Waals surface area contributed by atoms with Crippen molar-refractivity contribution in [2.75, 3.05) is 11.9 Å². The summed E-state index contributed by atoms with van der Waals surface area (Å²) in [7, 11) is 1.75. The largest absolute Gasteiger partial charge is 0.330 e. The minimum absolute atomic E-state index is 0.0176. The lowest BCUT2D eigenvalue weighted by atomic mass is 9.95. The number of rotatable bonds is 3. The third-order valence-corrected chi connectivity index (χ3v) is 3.24. The number of carbonyl (C=O) groups excluding carboxylic acids is 1. The van der Waals surface area contributed by atoms with Crippen LogP contribution in [-0.4, -0.2) is 27.2 Å². The molecule has 2 unspecified atom stereocenters. The predicted octanol–water partition coefficient (Wildman–Crippen LogP) is 0.129. The van der Waals surface area contributed by atoms with Crippen LogP contribution in [0.3, 0.4) is 0 Å². The highest BCUT2D eigenvalue weighted by Gasteiger charge is 2.32. The van der Waals surface area contributed by atoms with Crippen molar-refractivity contribution in [3.63, 3.8) is 0 Å². The number of aryl methyl sites for hydroxylation is 1. The van der Waals surface area contributed by atoms with Crippen molar-refractivity contribution in [3.8, 4) is 0 Å². The zero-order valence-corrected chi connectivity index (χ0v) is 9.39. The number of amides is 1. The van der Waals surface area contributed by atoms with Crippen molar-refractivity contribution < 1.29 is 4.79 Å². The Morgan fingerprint density at radius 3 is 3.12 bits per heavy atom. The highest BCUT2D eigenvalue weighted by molar-refractivity contribution is 5.91. The molecule has 1 amide bonds. The minimum atomic E-state index is 0.0176. The van der Waals surface area contributed by atoms with Gasteiger partial charge in [0.15, 0.2) is 0 Å². The van der Waals surface area contributed by atoms with E-state index in [4.69, 9.17) is 5.73 Å². The molecule has 1 heterocycles. The van der Waals surface area contributed by atoms with Crippen LogP contribution in [0.2, 0.25) is 0 Å². The zero-order chi connectivity index (χ0) is 11.5. The number of hydrogen-bond acceptors (Lipinski definition) is 4. The number of carbonyl (C=O) groups is 1. The molecule has 1 aromatic heterocycles. The average Bonchev–Trinajstić information content (AvgIpc) is 2.87. The van der Waals surface area contributed by atoms with E-state index < -0.39 is 0 Å². The molecule has 2 rings (SSSR count). The molecule has 0 spiro atoms. The second kappa shape index (κ2) is 4.61. The summed E-state index contributed by atoms with van der Waals surface area (Å²) in [4.78, 5) is 16.0. The Morgan fingerprint density at radius 1 is 1.69 bits per heavy atom. The highest BCUT2D eigenvalue weighted by Crippen LogP contribution is 2.31. The molecule has 0 aromatic carbocycles. The molecule has 16 heavy (non-hydrogen) atoms. The Labute approximate surface area is 94.2 Å². The number of nitrogens with one attached hydrogen (secondary N) is 1. The quantitative estimate of drug-likeness (QED) is 0.762. The molecule has 1 aliphatic rings. The number of nitrogens with zero attached hydrogens (tertiary/aromatic N) is 3. The first-order valence-corrected chi connectivity index (χ1v) is 5.57. The van der Waals surface area contributed by atoms with Gasteiger partial charge < -0.3 is 5.73 Å². The molecule has 1 fully saturated rings. The van der Waals surface area contributed by atoms with E-state index in [1.807, 2.05) is 0 Å². The molecule has 2 atom stereocenters. The first-order valence-electron chi connectivity index (χ1n) is 5.57. The van der Waals surface area contributed by atoms with E-state index in [0.29, 0.717) is 18.4 Å². The van der Waals surface area contributed by atoms with Gasteiger partial charge in [-0.2, -0.15) is 10.1 Å². The lowest BCUT2D eigenvalue weighted by Crippen LogP contribution is -2.30. The first-order chi connectivity index (χ1) is 7.72. The van der Waals surface area contributed by atoms with Crippen LogP contribution in [0.5, 0.6) is 0 Å². The Morgan fingerprint density at radius 2 is 2.50 bits per heavy atom. The van der Waals surface area contributed by atoms with E-state index in [1.54, 1.807) is 11.7 Å². The van der Waals surface area contributed by atoms with Gasteiger partial charge >= 0.3 is 0 Å². The highest BCUT2D eigenvalue weighted by atomic mass is 16.2.